The van der Waals surface area contributed by atoms with Gasteiger partial charge in [0.1, 0.15) is 11.1 Å². The lowest BCUT2D eigenvalue weighted by Gasteiger charge is -2.72. The number of rotatable bonds is 6. The van der Waals surface area contributed by atoms with E-state index in [0.29, 0.717) is 48.0 Å². The third-order valence-electron chi connectivity index (χ3n) is 16.5. The van der Waals surface area contributed by atoms with E-state index in [1.165, 1.54) is 49.5 Å². The van der Waals surface area contributed by atoms with Crippen LogP contribution in [-0.2, 0) is 14.3 Å². The molecule has 5 fully saturated rings. The number of esters is 1. The average Bonchev–Trinajstić information content (AvgIpc) is 3.75. The number of ether oxygens (including phenoxy) is 2. The molecule has 6 aliphatic carbocycles. The Bertz CT molecular complexity index is 1720. The molecule has 0 spiro atoms. The van der Waals surface area contributed by atoms with Crippen LogP contribution in [0.3, 0.4) is 0 Å². The van der Waals surface area contributed by atoms with Crippen LogP contribution in [0.1, 0.15) is 149 Å². The number of hydrogen-bond donors (Lipinski definition) is 2. The first-order valence-electron chi connectivity index (χ1n) is 20.6. The van der Waals surface area contributed by atoms with Gasteiger partial charge in [0, 0.05) is 5.54 Å². The molecule has 2 N–H and O–H groups in total. The second-order valence-electron chi connectivity index (χ2n) is 20.6. The molecular weight excluding hydrogens is 661 g/mol. The molecule has 0 heterocycles. The number of amides is 2. The van der Waals surface area contributed by atoms with E-state index in [-0.39, 0.29) is 39.1 Å². The van der Waals surface area contributed by atoms with Gasteiger partial charge >= 0.3 is 12.1 Å². The summed E-state index contributed by atoms with van der Waals surface area (Å²) in [6.07, 6.45) is 13.3. The topological polar surface area (TPSA) is 93.7 Å². The van der Waals surface area contributed by atoms with Gasteiger partial charge in [-0.3, -0.25) is 4.79 Å². The lowest BCUT2D eigenvalue weighted by molar-refractivity contribution is -0.219. The second kappa shape index (κ2) is 12.5. The smallest absolute Gasteiger partial charge is 0.408 e. The Labute approximate surface area is 318 Å². The van der Waals surface area contributed by atoms with Crippen LogP contribution in [0.4, 0.5) is 4.79 Å². The molecule has 2 amide bonds. The minimum absolute atomic E-state index is 0.00648. The van der Waals surface area contributed by atoms with Crippen molar-refractivity contribution in [3.8, 4) is 0 Å². The van der Waals surface area contributed by atoms with Crippen molar-refractivity contribution in [2.75, 3.05) is 7.11 Å². The predicted molar refractivity (Wildman–Crippen MR) is 210 cm³/mol. The summed E-state index contributed by atoms with van der Waals surface area (Å²) in [6, 6.07) is 8.02. The summed E-state index contributed by atoms with van der Waals surface area (Å²) in [7, 11) is 1.43. The minimum atomic E-state index is -0.871. The van der Waals surface area contributed by atoms with Gasteiger partial charge in [-0.15, -0.1) is 0 Å². The summed E-state index contributed by atoms with van der Waals surface area (Å²) in [6.45, 7) is 25.1. The zero-order chi connectivity index (χ0) is 38.6. The Morgan fingerprint density at radius 2 is 1.49 bits per heavy atom. The summed E-state index contributed by atoms with van der Waals surface area (Å²) >= 11 is 0. The lowest BCUT2D eigenvalue weighted by Crippen LogP contribution is -2.69. The highest BCUT2D eigenvalue weighted by molar-refractivity contribution is 5.93. The van der Waals surface area contributed by atoms with Gasteiger partial charge in [-0.2, -0.15) is 0 Å². The van der Waals surface area contributed by atoms with Crippen molar-refractivity contribution in [2.45, 2.75) is 150 Å². The summed E-state index contributed by atoms with van der Waals surface area (Å²) in [5, 5.41) is 6.67. The molecule has 0 aromatic heterocycles. The Morgan fingerprint density at radius 3 is 2.09 bits per heavy atom. The summed E-state index contributed by atoms with van der Waals surface area (Å²) < 4.78 is 10.5. The largest absolute Gasteiger partial charge is 0.465 e. The van der Waals surface area contributed by atoms with Crippen molar-refractivity contribution >= 4 is 23.5 Å². The quantitative estimate of drug-likeness (QED) is 0.225. The van der Waals surface area contributed by atoms with Crippen molar-refractivity contribution in [1.29, 1.82) is 0 Å². The maximum Gasteiger partial charge on any atom is 0.408 e. The molecule has 5 saturated carbocycles. The third kappa shape index (κ3) is 5.83. The minimum Gasteiger partial charge on any atom is -0.465 e. The SMILES string of the molecule is C=C(C)C1CCC2(NC(=O)C3(NC(=O)OC(C)(C)C)CC3)CCC3(C)C(CCC4C5(C)CC=C(c6ccc(C(=O)OC)cc6)C(C)(C)C5CCC43C)C12. The molecule has 1 aromatic rings. The molecule has 7 rings (SSSR count). The Balaban J connectivity index is 1.16. The normalized spacial score (nSPS) is 39.1. The first-order valence-corrected chi connectivity index (χ1v) is 20.6. The first kappa shape index (κ1) is 38.2. The fraction of sp³-hybridized carbons (Fsp3) is 0.717. The van der Waals surface area contributed by atoms with Crippen LogP contribution in [0.2, 0.25) is 0 Å². The number of carbonyl (C=O) groups is 3. The third-order valence-corrected chi connectivity index (χ3v) is 16.5. The Morgan fingerprint density at radius 1 is 0.811 bits per heavy atom. The Kier molecular flexibility index (Phi) is 8.98. The van der Waals surface area contributed by atoms with Crippen LogP contribution < -0.4 is 10.6 Å². The second-order valence-corrected chi connectivity index (χ2v) is 20.6. The highest BCUT2D eigenvalue weighted by Gasteiger charge is 2.71. The number of allylic oxidation sites excluding steroid dienone is 3. The maximum absolute atomic E-state index is 14.3. The Hall–Kier alpha value is -3.09. The molecule has 7 nitrogen and oxygen atoms in total. The number of benzene rings is 1. The van der Waals surface area contributed by atoms with E-state index < -0.39 is 17.2 Å². The van der Waals surface area contributed by atoms with E-state index in [1.807, 2.05) is 32.9 Å². The molecule has 0 radical (unpaired) electrons. The molecule has 9 unspecified atom stereocenters. The van der Waals surface area contributed by atoms with Gasteiger partial charge in [0.25, 0.3) is 0 Å². The number of hydrogen-bond acceptors (Lipinski definition) is 5. The summed E-state index contributed by atoms with van der Waals surface area (Å²) in [5.74, 6) is 2.04. The van der Waals surface area contributed by atoms with E-state index in [0.717, 1.165) is 32.1 Å². The maximum atomic E-state index is 14.3. The molecule has 0 bridgehead atoms. The number of fused-ring (bicyclic) bond motifs is 7. The lowest BCUT2D eigenvalue weighted by atomic mass is 9.33. The van der Waals surface area contributed by atoms with E-state index in [9.17, 15) is 14.4 Å². The summed E-state index contributed by atoms with van der Waals surface area (Å²) in [4.78, 5) is 39.3. The molecule has 0 saturated heterocycles. The van der Waals surface area contributed by atoms with Crippen molar-refractivity contribution in [3.63, 3.8) is 0 Å². The summed E-state index contributed by atoms with van der Waals surface area (Å²) in [5.41, 5.74) is 3.17. The fourth-order valence-corrected chi connectivity index (χ4v) is 13.7. The van der Waals surface area contributed by atoms with E-state index >= 15 is 0 Å². The molecule has 290 valence electrons. The zero-order valence-corrected chi connectivity index (χ0v) is 34.3. The number of nitrogens with one attached hydrogen (secondary N) is 2. The van der Waals surface area contributed by atoms with E-state index in [1.54, 1.807) is 0 Å². The van der Waals surface area contributed by atoms with Gasteiger partial charge in [0.15, 0.2) is 0 Å². The van der Waals surface area contributed by atoms with Gasteiger partial charge < -0.3 is 20.1 Å². The van der Waals surface area contributed by atoms with Gasteiger partial charge in [-0.1, -0.05) is 65.0 Å². The molecule has 7 heteroatoms. The van der Waals surface area contributed by atoms with Crippen molar-refractivity contribution in [1.82, 2.24) is 10.6 Å². The fourth-order valence-electron chi connectivity index (χ4n) is 13.7. The van der Waals surface area contributed by atoms with Crippen LogP contribution in [0.5, 0.6) is 0 Å². The average molecular weight is 727 g/mol. The highest BCUT2D eigenvalue weighted by Crippen LogP contribution is 2.76. The van der Waals surface area contributed by atoms with Gasteiger partial charge in [-0.25, -0.2) is 9.59 Å². The van der Waals surface area contributed by atoms with Crippen molar-refractivity contribution in [3.05, 3.63) is 53.6 Å². The zero-order valence-electron chi connectivity index (χ0n) is 34.3. The first-order chi connectivity index (χ1) is 24.7. The molecule has 1 aromatic carbocycles. The number of methoxy groups -OCH3 is 1. The van der Waals surface area contributed by atoms with Crippen LogP contribution >= 0.6 is 0 Å². The van der Waals surface area contributed by atoms with E-state index in [4.69, 9.17) is 9.47 Å². The molecule has 9 atom stereocenters. The van der Waals surface area contributed by atoms with Crippen molar-refractivity contribution in [2.24, 2.45) is 51.2 Å². The number of carbonyl (C=O) groups excluding carboxylic acids is 3. The highest BCUT2D eigenvalue weighted by atomic mass is 16.6. The van der Waals surface area contributed by atoms with Crippen molar-refractivity contribution < 1.29 is 23.9 Å². The predicted octanol–water partition coefficient (Wildman–Crippen LogP) is 10.0. The monoisotopic (exact) mass is 726 g/mol. The molecular formula is C46H66N2O5. The van der Waals surface area contributed by atoms with Crippen LogP contribution in [0.25, 0.3) is 5.57 Å². The van der Waals surface area contributed by atoms with Gasteiger partial charge in [0.2, 0.25) is 5.91 Å². The molecule has 53 heavy (non-hydrogen) atoms. The van der Waals surface area contributed by atoms with E-state index in [2.05, 4.69) is 77.0 Å². The van der Waals surface area contributed by atoms with Gasteiger partial charge in [-0.05, 0) is 173 Å². The molecule has 6 aliphatic rings. The molecule has 0 aliphatic heterocycles. The van der Waals surface area contributed by atoms with Crippen LogP contribution in [0, 0.1) is 51.2 Å². The van der Waals surface area contributed by atoms with Crippen LogP contribution in [0.15, 0.2) is 42.5 Å². The standard InChI is InChI=1S/C46H66N2O5/c1-28(2)31-18-23-45(47-38(50)46(26-27-46)48-39(51)53-40(3,4)5)25-24-43(9)33(36(31)45)16-17-35-42(8)21-19-32(29-12-14-30(15-13-29)37(49)52-11)41(6,7)34(42)20-22-44(35,43)10/h12-15,19,31,33-36H,1,16-18,20-27H2,2-11H3,(H,47,50)(H,48,51). The van der Waals surface area contributed by atoms with Crippen LogP contribution in [-0.4, -0.2) is 41.8 Å². The number of alkyl carbamates (subject to hydrolysis) is 1. The van der Waals surface area contributed by atoms with Gasteiger partial charge in [0.05, 0.1) is 12.7 Å².